The highest BCUT2D eigenvalue weighted by atomic mass is 16.5. The molecule has 2 aliphatic heterocycles. The van der Waals surface area contributed by atoms with Gasteiger partial charge in [0.25, 0.3) is 0 Å². The van der Waals surface area contributed by atoms with E-state index in [9.17, 15) is 9.59 Å². The van der Waals surface area contributed by atoms with Crippen molar-refractivity contribution in [3.63, 3.8) is 0 Å². The zero-order valence-electron chi connectivity index (χ0n) is 17.4. The molecule has 1 N–H and O–H groups in total. The highest BCUT2D eigenvalue weighted by molar-refractivity contribution is 5.98. The number of methoxy groups -OCH3 is 1. The molecular formula is C22H34N2O3. The smallest absolute Gasteiger partial charge is 0.229 e. The third kappa shape index (κ3) is 7.08. The third-order valence-corrected chi connectivity index (χ3v) is 4.74. The molecule has 1 fully saturated rings. The van der Waals surface area contributed by atoms with Gasteiger partial charge >= 0.3 is 0 Å². The van der Waals surface area contributed by atoms with E-state index >= 15 is 0 Å². The molecule has 1 aromatic carbocycles. The SMILES string of the molecule is C=C1Cc2ccc(OC)cc2N1C.CC1CCC(=O)NC1=O.CCCCC. The lowest BCUT2D eigenvalue weighted by Crippen LogP contribution is -2.39. The lowest BCUT2D eigenvalue weighted by Gasteiger charge is -2.15. The number of fused-ring (bicyclic) bond motifs is 1. The molecule has 0 saturated carbocycles. The molecule has 0 spiro atoms. The van der Waals surface area contributed by atoms with Crippen molar-refractivity contribution in [2.24, 2.45) is 5.92 Å². The Bertz CT molecular complexity index is 653. The van der Waals surface area contributed by atoms with Gasteiger partial charge in [-0.25, -0.2) is 0 Å². The minimum atomic E-state index is -0.141. The Kier molecular flexibility index (Phi) is 9.62. The van der Waals surface area contributed by atoms with E-state index in [1.165, 1.54) is 30.5 Å². The molecule has 1 unspecified atom stereocenters. The molecule has 1 aromatic rings. The number of anilines is 1. The van der Waals surface area contributed by atoms with E-state index in [-0.39, 0.29) is 17.7 Å². The maximum atomic E-state index is 10.7. The van der Waals surface area contributed by atoms with Gasteiger partial charge in [0.2, 0.25) is 11.8 Å². The number of amides is 2. The van der Waals surface area contributed by atoms with Crippen LogP contribution in [0.2, 0.25) is 0 Å². The van der Waals surface area contributed by atoms with Gasteiger partial charge in [0.15, 0.2) is 0 Å². The average Bonchev–Trinajstić information content (AvgIpc) is 2.94. The highest BCUT2D eigenvalue weighted by Gasteiger charge is 2.21. The summed E-state index contributed by atoms with van der Waals surface area (Å²) in [6.07, 6.45) is 6.22. The van der Waals surface area contributed by atoms with Crippen molar-refractivity contribution in [3.05, 3.63) is 36.0 Å². The van der Waals surface area contributed by atoms with Gasteiger partial charge in [0.05, 0.1) is 7.11 Å². The normalized spacial score (nSPS) is 17.9. The van der Waals surface area contributed by atoms with E-state index in [1.807, 2.05) is 26.1 Å². The molecule has 5 nitrogen and oxygen atoms in total. The molecule has 0 aliphatic carbocycles. The van der Waals surface area contributed by atoms with Gasteiger partial charge in [-0.2, -0.15) is 0 Å². The van der Waals surface area contributed by atoms with Crippen molar-refractivity contribution in [2.45, 2.75) is 59.3 Å². The van der Waals surface area contributed by atoms with Crippen LogP contribution in [0, 0.1) is 5.92 Å². The number of carbonyl (C=O) groups is 2. The molecule has 3 rings (SSSR count). The van der Waals surface area contributed by atoms with Crippen LogP contribution in [0.4, 0.5) is 5.69 Å². The number of hydrogen-bond donors (Lipinski definition) is 1. The van der Waals surface area contributed by atoms with E-state index in [1.54, 1.807) is 7.11 Å². The number of nitrogens with one attached hydrogen (secondary N) is 1. The van der Waals surface area contributed by atoms with Gasteiger partial charge in [-0.05, 0) is 18.1 Å². The van der Waals surface area contributed by atoms with Crippen molar-refractivity contribution in [2.75, 3.05) is 19.1 Å². The molecular weight excluding hydrogens is 340 g/mol. The molecule has 0 bridgehead atoms. The quantitative estimate of drug-likeness (QED) is 0.794. The second-order valence-electron chi connectivity index (χ2n) is 7.00. The maximum absolute atomic E-state index is 10.7. The van der Waals surface area contributed by atoms with Gasteiger partial charge < -0.3 is 9.64 Å². The molecule has 27 heavy (non-hydrogen) atoms. The summed E-state index contributed by atoms with van der Waals surface area (Å²) in [6, 6.07) is 6.14. The van der Waals surface area contributed by atoms with Crippen molar-refractivity contribution >= 4 is 17.5 Å². The molecule has 2 heterocycles. The van der Waals surface area contributed by atoms with Crippen molar-refractivity contribution in [1.29, 1.82) is 0 Å². The Morgan fingerprint density at radius 1 is 1.26 bits per heavy atom. The molecule has 0 aromatic heterocycles. The third-order valence-electron chi connectivity index (χ3n) is 4.74. The zero-order chi connectivity index (χ0) is 20.4. The van der Waals surface area contributed by atoms with Gasteiger partial charge in [-0.1, -0.05) is 52.7 Å². The largest absolute Gasteiger partial charge is 0.497 e. The molecule has 150 valence electrons. The lowest BCUT2D eigenvalue weighted by molar-refractivity contribution is -0.135. The number of likely N-dealkylation sites (N-methyl/N-ethyl adjacent to an activating group) is 1. The topological polar surface area (TPSA) is 58.6 Å². The van der Waals surface area contributed by atoms with Gasteiger partial charge in [0.1, 0.15) is 5.75 Å². The van der Waals surface area contributed by atoms with Crippen LogP contribution in [-0.4, -0.2) is 26.0 Å². The fraction of sp³-hybridized carbons (Fsp3) is 0.545. The minimum absolute atomic E-state index is 0.0164. The fourth-order valence-electron chi connectivity index (χ4n) is 2.80. The number of hydrogen-bond acceptors (Lipinski definition) is 4. The van der Waals surface area contributed by atoms with E-state index in [0.717, 1.165) is 17.9 Å². The van der Waals surface area contributed by atoms with Crippen LogP contribution in [0.5, 0.6) is 5.75 Å². The summed E-state index contributed by atoms with van der Waals surface area (Å²) in [5.41, 5.74) is 3.68. The minimum Gasteiger partial charge on any atom is -0.497 e. The van der Waals surface area contributed by atoms with E-state index in [0.29, 0.717) is 12.8 Å². The number of allylic oxidation sites excluding steroid dienone is 1. The van der Waals surface area contributed by atoms with Gasteiger partial charge in [-0.15, -0.1) is 0 Å². The number of carbonyl (C=O) groups excluding carboxylic acids is 2. The predicted octanol–water partition coefficient (Wildman–Crippen LogP) is 4.46. The van der Waals surface area contributed by atoms with E-state index in [2.05, 4.69) is 36.7 Å². The molecule has 1 saturated heterocycles. The summed E-state index contributed by atoms with van der Waals surface area (Å²) < 4.78 is 5.17. The van der Waals surface area contributed by atoms with Crippen LogP contribution in [0.3, 0.4) is 0 Å². The van der Waals surface area contributed by atoms with Gasteiger partial charge in [0, 0.05) is 43.3 Å². The standard InChI is InChI=1S/C11H13NO.C6H9NO2.C5H12/c1-8-6-9-4-5-10(13-3)7-11(9)12(8)2;1-4-2-3-5(8)7-6(4)9;1-3-5-4-2/h4-5,7H,1,6H2,2-3H3;4H,2-3H2,1H3,(H,7,8,9);3-5H2,1-2H3. The van der Waals surface area contributed by atoms with Crippen LogP contribution < -0.4 is 15.0 Å². The Hall–Kier alpha value is -2.30. The number of imide groups is 1. The maximum Gasteiger partial charge on any atom is 0.229 e. The lowest BCUT2D eigenvalue weighted by atomic mass is 10.0. The van der Waals surface area contributed by atoms with E-state index < -0.39 is 0 Å². The Labute approximate surface area is 163 Å². The Balaban J connectivity index is 0.000000227. The summed E-state index contributed by atoms with van der Waals surface area (Å²) in [6.45, 7) is 10.2. The average molecular weight is 375 g/mol. The summed E-state index contributed by atoms with van der Waals surface area (Å²) in [4.78, 5) is 23.3. The first-order valence-corrected chi connectivity index (χ1v) is 9.76. The van der Waals surface area contributed by atoms with Crippen LogP contribution in [0.15, 0.2) is 30.5 Å². The first-order chi connectivity index (χ1) is 12.8. The van der Waals surface area contributed by atoms with Crippen LogP contribution in [-0.2, 0) is 16.0 Å². The molecule has 2 aliphatic rings. The highest BCUT2D eigenvalue weighted by Crippen LogP contribution is 2.34. The summed E-state index contributed by atoms with van der Waals surface area (Å²) in [7, 11) is 3.72. The van der Waals surface area contributed by atoms with Crippen molar-refractivity contribution in [1.82, 2.24) is 5.32 Å². The summed E-state index contributed by atoms with van der Waals surface area (Å²) >= 11 is 0. The van der Waals surface area contributed by atoms with Crippen molar-refractivity contribution in [3.8, 4) is 5.75 Å². The second kappa shape index (κ2) is 11.4. The number of rotatable bonds is 3. The van der Waals surface area contributed by atoms with Crippen LogP contribution in [0.25, 0.3) is 0 Å². The first kappa shape index (κ1) is 22.7. The Morgan fingerprint density at radius 2 is 1.93 bits per heavy atom. The van der Waals surface area contributed by atoms with Crippen LogP contribution >= 0.6 is 0 Å². The van der Waals surface area contributed by atoms with Gasteiger partial charge in [-0.3, -0.25) is 14.9 Å². The molecule has 2 amide bonds. The molecule has 0 radical (unpaired) electrons. The summed E-state index contributed by atoms with van der Waals surface area (Å²) in [5.74, 6) is 0.646. The molecule has 1 atom stereocenters. The molecule has 5 heteroatoms. The Morgan fingerprint density at radius 3 is 2.41 bits per heavy atom. The van der Waals surface area contributed by atoms with E-state index in [4.69, 9.17) is 4.74 Å². The predicted molar refractivity (Wildman–Crippen MR) is 111 cm³/mol. The number of piperidine rings is 1. The number of ether oxygens (including phenoxy) is 1. The van der Waals surface area contributed by atoms with Crippen molar-refractivity contribution < 1.29 is 14.3 Å². The second-order valence-corrected chi connectivity index (χ2v) is 7.00. The summed E-state index contributed by atoms with van der Waals surface area (Å²) in [5, 5.41) is 2.25. The zero-order valence-corrected chi connectivity index (χ0v) is 17.4. The number of nitrogens with zero attached hydrogens (tertiary/aromatic N) is 1. The monoisotopic (exact) mass is 374 g/mol. The number of unbranched alkanes of at least 4 members (excludes halogenated alkanes) is 2. The number of benzene rings is 1. The fourth-order valence-corrected chi connectivity index (χ4v) is 2.80. The van der Waals surface area contributed by atoms with Crippen LogP contribution in [0.1, 0.15) is 58.4 Å². The first-order valence-electron chi connectivity index (χ1n) is 9.76.